The van der Waals surface area contributed by atoms with E-state index in [9.17, 15) is 4.79 Å². The average Bonchev–Trinajstić information content (AvgIpc) is 2.86. The van der Waals surface area contributed by atoms with Crippen molar-refractivity contribution >= 4 is 76.3 Å². The van der Waals surface area contributed by atoms with Crippen LogP contribution in [0.1, 0.15) is 10.4 Å². The van der Waals surface area contributed by atoms with Gasteiger partial charge < -0.3 is 0 Å². The molecule has 33 heavy (non-hydrogen) atoms. The lowest BCUT2D eigenvalue weighted by Crippen LogP contribution is -2.38. The van der Waals surface area contributed by atoms with Crippen LogP contribution in [0, 0.1) is 0 Å². The minimum Gasteiger partial charge on any atom is -0.290 e. The number of rotatable bonds is 6. The zero-order valence-electron chi connectivity index (χ0n) is 17.6. The molecular formula is C27H22Cl2INOP+. The van der Waals surface area contributed by atoms with Crippen molar-refractivity contribution in [3.8, 4) is 0 Å². The van der Waals surface area contributed by atoms with Crippen molar-refractivity contribution < 1.29 is 4.79 Å². The first-order valence-electron chi connectivity index (χ1n) is 10.1. The largest absolute Gasteiger partial charge is 0.290 e. The number of amides is 1. The van der Waals surface area contributed by atoms with Gasteiger partial charge in [0.25, 0.3) is 5.91 Å². The standard InChI is InChI=1S/C27H20Cl2NOP.HI/c28-25(29)27(30-26(31)21-13-5-1-6-14-21)32(22-15-7-2-8-16-22,23-17-9-3-10-18-23)24-19-11-4-12-20-24;/h1-20H;1H/p+1. The third-order valence-corrected chi connectivity index (χ3v) is 10.1. The van der Waals surface area contributed by atoms with E-state index in [4.69, 9.17) is 23.2 Å². The van der Waals surface area contributed by atoms with Crippen LogP contribution in [0.4, 0.5) is 0 Å². The fourth-order valence-corrected chi connectivity index (χ4v) is 8.72. The molecule has 0 saturated heterocycles. The maximum atomic E-state index is 13.3. The number of hydrogen-bond donors (Lipinski definition) is 1. The molecule has 1 N–H and O–H groups in total. The first-order chi connectivity index (χ1) is 15.6. The molecule has 0 spiro atoms. The van der Waals surface area contributed by atoms with Gasteiger partial charge in [0.05, 0.1) is 0 Å². The normalized spacial score (nSPS) is 10.6. The summed E-state index contributed by atoms with van der Waals surface area (Å²) >= 11 is 13.1. The lowest BCUT2D eigenvalue weighted by Gasteiger charge is -2.29. The van der Waals surface area contributed by atoms with Crippen molar-refractivity contribution in [2.45, 2.75) is 0 Å². The van der Waals surface area contributed by atoms with Gasteiger partial charge in [0.15, 0.2) is 11.8 Å². The highest BCUT2D eigenvalue weighted by atomic mass is 127. The monoisotopic (exact) mass is 604 g/mol. The van der Waals surface area contributed by atoms with E-state index >= 15 is 0 Å². The Balaban J connectivity index is 0.00000306. The summed E-state index contributed by atoms with van der Waals surface area (Å²) in [6, 6.07) is 39.4. The van der Waals surface area contributed by atoms with Gasteiger partial charge in [0, 0.05) is 5.56 Å². The number of benzene rings is 4. The van der Waals surface area contributed by atoms with E-state index in [-0.39, 0.29) is 34.4 Å². The zero-order valence-corrected chi connectivity index (χ0v) is 22.3. The van der Waals surface area contributed by atoms with Gasteiger partial charge in [-0.2, -0.15) is 0 Å². The Labute approximate surface area is 222 Å². The van der Waals surface area contributed by atoms with Crippen LogP contribution in [0.3, 0.4) is 0 Å². The van der Waals surface area contributed by atoms with Gasteiger partial charge in [-0.05, 0) is 48.5 Å². The van der Waals surface area contributed by atoms with Crippen LogP contribution >= 0.6 is 54.4 Å². The van der Waals surface area contributed by atoms with E-state index in [2.05, 4.69) is 41.7 Å². The fourth-order valence-electron chi connectivity index (χ4n) is 3.82. The van der Waals surface area contributed by atoms with Crippen molar-refractivity contribution in [2.75, 3.05) is 0 Å². The minimum atomic E-state index is -2.61. The fraction of sp³-hybridized carbons (Fsp3) is 0. The molecule has 0 radical (unpaired) electrons. The predicted octanol–water partition coefficient (Wildman–Crippen LogP) is 6.63. The second-order valence-corrected chi connectivity index (χ2v) is 11.4. The highest BCUT2D eigenvalue weighted by Gasteiger charge is 2.52. The molecule has 0 fully saturated rings. The van der Waals surface area contributed by atoms with Crippen molar-refractivity contribution in [2.24, 2.45) is 0 Å². The summed E-state index contributed by atoms with van der Waals surface area (Å²) < 4.78 is 0.0409. The smallest absolute Gasteiger partial charge is 0.258 e. The Morgan fingerprint density at radius 1 is 0.576 bits per heavy atom. The van der Waals surface area contributed by atoms with Gasteiger partial charge in [0.1, 0.15) is 15.9 Å². The van der Waals surface area contributed by atoms with Crippen LogP contribution in [0.5, 0.6) is 0 Å². The van der Waals surface area contributed by atoms with Gasteiger partial charge in [0.2, 0.25) is 5.44 Å². The molecule has 4 aromatic rings. The number of halogens is 3. The van der Waals surface area contributed by atoms with E-state index in [0.717, 1.165) is 15.9 Å². The first-order valence-corrected chi connectivity index (χ1v) is 12.7. The summed E-state index contributed by atoms with van der Waals surface area (Å²) in [5, 5.41) is 6.22. The molecule has 0 bridgehead atoms. The van der Waals surface area contributed by atoms with E-state index in [0.29, 0.717) is 11.0 Å². The zero-order chi connectivity index (χ0) is 22.4. The summed E-state index contributed by atoms with van der Waals surface area (Å²) in [4.78, 5) is 13.3. The van der Waals surface area contributed by atoms with Crippen molar-refractivity contribution in [1.29, 1.82) is 0 Å². The molecule has 2 nitrogen and oxygen atoms in total. The Bertz CT molecular complexity index is 1120. The molecule has 1 amide bonds. The third-order valence-electron chi connectivity index (χ3n) is 5.21. The Hall–Kier alpha value is -2.17. The van der Waals surface area contributed by atoms with E-state index in [1.807, 2.05) is 72.8 Å². The van der Waals surface area contributed by atoms with Crippen LogP contribution in [0.15, 0.2) is 131 Å². The quantitative estimate of drug-likeness (QED) is 0.194. The summed E-state index contributed by atoms with van der Waals surface area (Å²) in [5.74, 6) is -0.258. The molecule has 0 aromatic heterocycles. The lowest BCUT2D eigenvalue weighted by atomic mass is 10.2. The predicted molar refractivity (Wildman–Crippen MR) is 153 cm³/mol. The average molecular weight is 605 g/mol. The van der Waals surface area contributed by atoms with E-state index in [1.165, 1.54) is 0 Å². The second kappa shape index (κ2) is 11.8. The van der Waals surface area contributed by atoms with Gasteiger partial charge in [-0.25, -0.2) is 0 Å². The molecular weight excluding hydrogens is 583 g/mol. The van der Waals surface area contributed by atoms with Crippen LogP contribution in [-0.4, -0.2) is 5.91 Å². The number of carbonyl (C=O) groups is 1. The Kier molecular flexibility index (Phi) is 9.10. The van der Waals surface area contributed by atoms with Crippen LogP contribution in [0.25, 0.3) is 0 Å². The highest BCUT2D eigenvalue weighted by Crippen LogP contribution is 2.63. The molecule has 0 unspecified atom stereocenters. The molecule has 4 aromatic carbocycles. The maximum absolute atomic E-state index is 13.3. The molecule has 166 valence electrons. The molecule has 0 saturated carbocycles. The highest BCUT2D eigenvalue weighted by molar-refractivity contribution is 14.0. The third kappa shape index (κ3) is 5.33. The number of carbonyl (C=O) groups excluding carboxylic acids is 1. The molecule has 6 heteroatoms. The van der Waals surface area contributed by atoms with E-state index in [1.54, 1.807) is 12.1 Å². The van der Waals surface area contributed by atoms with E-state index < -0.39 is 7.26 Å². The minimum absolute atomic E-state index is 0. The Morgan fingerprint density at radius 2 is 0.909 bits per heavy atom. The van der Waals surface area contributed by atoms with Crippen LogP contribution in [-0.2, 0) is 0 Å². The summed E-state index contributed by atoms with van der Waals surface area (Å²) in [7, 11) is -2.61. The van der Waals surface area contributed by atoms with Crippen LogP contribution in [0.2, 0.25) is 0 Å². The van der Waals surface area contributed by atoms with Gasteiger partial charge in [-0.1, -0.05) is 96.0 Å². The molecule has 0 heterocycles. The molecule has 0 aliphatic rings. The summed E-state index contributed by atoms with van der Waals surface area (Å²) in [5.41, 5.74) is 1.05. The molecule has 0 aliphatic heterocycles. The van der Waals surface area contributed by atoms with Crippen LogP contribution < -0.4 is 21.2 Å². The molecule has 0 aliphatic carbocycles. The number of nitrogens with one attached hydrogen (secondary N) is 1. The SMILES string of the molecule is I.O=C(NC(=C(Cl)Cl)[P+](c1ccccc1)(c1ccccc1)c1ccccc1)c1ccccc1. The molecule has 4 rings (SSSR count). The first kappa shape index (κ1) is 25.5. The van der Waals surface area contributed by atoms with Crippen molar-refractivity contribution in [1.82, 2.24) is 5.32 Å². The van der Waals surface area contributed by atoms with Crippen molar-refractivity contribution in [3.63, 3.8) is 0 Å². The molecule has 0 atom stereocenters. The maximum Gasteiger partial charge on any atom is 0.258 e. The topological polar surface area (TPSA) is 29.1 Å². The summed E-state index contributed by atoms with van der Waals surface area (Å²) in [6.07, 6.45) is 0. The van der Waals surface area contributed by atoms with Gasteiger partial charge >= 0.3 is 0 Å². The lowest BCUT2D eigenvalue weighted by molar-refractivity contribution is 0.0968. The summed E-state index contributed by atoms with van der Waals surface area (Å²) in [6.45, 7) is 0. The second-order valence-electron chi connectivity index (χ2n) is 7.11. The Morgan fingerprint density at radius 3 is 1.24 bits per heavy atom. The van der Waals surface area contributed by atoms with Crippen molar-refractivity contribution in [3.05, 3.63) is 137 Å². The van der Waals surface area contributed by atoms with Gasteiger partial charge in [-0.15, -0.1) is 24.0 Å². The van der Waals surface area contributed by atoms with Gasteiger partial charge in [-0.3, -0.25) is 10.1 Å². The number of hydrogen-bond acceptors (Lipinski definition) is 1.